The molecule has 1 saturated carbocycles. The molecule has 3 nitrogen and oxygen atoms in total. The maximum atomic E-state index is 11.3. The molecule has 82 valence electrons. The van der Waals surface area contributed by atoms with Gasteiger partial charge in [0.2, 0.25) is 5.91 Å². The van der Waals surface area contributed by atoms with E-state index in [4.69, 9.17) is 4.84 Å². The second kappa shape index (κ2) is 6.82. The fourth-order valence-corrected chi connectivity index (χ4v) is 2.02. The number of amides is 1. The van der Waals surface area contributed by atoms with Crippen LogP contribution in [-0.2, 0) is 9.63 Å². The summed E-state index contributed by atoms with van der Waals surface area (Å²) in [5, 5.41) is 0. The zero-order valence-corrected chi connectivity index (χ0v) is 9.05. The summed E-state index contributed by atoms with van der Waals surface area (Å²) in [6.45, 7) is 2.41. The van der Waals surface area contributed by atoms with Gasteiger partial charge < -0.3 is 0 Å². The van der Waals surface area contributed by atoms with Crippen LogP contribution in [0.25, 0.3) is 0 Å². The van der Waals surface area contributed by atoms with Crippen LogP contribution in [-0.4, -0.2) is 12.5 Å². The number of nitrogens with one attached hydrogen (secondary N) is 1. The van der Waals surface area contributed by atoms with Crippen molar-refractivity contribution in [1.29, 1.82) is 0 Å². The maximum absolute atomic E-state index is 11.3. The topological polar surface area (TPSA) is 38.3 Å². The first kappa shape index (κ1) is 11.5. The average molecular weight is 199 g/mol. The summed E-state index contributed by atoms with van der Waals surface area (Å²) in [5.41, 5.74) is 2.46. The van der Waals surface area contributed by atoms with Gasteiger partial charge in [-0.3, -0.25) is 9.63 Å². The van der Waals surface area contributed by atoms with Crippen molar-refractivity contribution in [2.24, 2.45) is 5.92 Å². The summed E-state index contributed by atoms with van der Waals surface area (Å²) in [6.07, 6.45) is 8.30. The van der Waals surface area contributed by atoms with Crippen LogP contribution in [0.15, 0.2) is 0 Å². The van der Waals surface area contributed by atoms with Crippen molar-refractivity contribution >= 4 is 5.91 Å². The Kier molecular flexibility index (Phi) is 5.60. The van der Waals surface area contributed by atoms with E-state index in [0.717, 1.165) is 0 Å². The molecule has 1 aliphatic rings. The Bertz CT molecular complexity index is 163. The maximum Gasteiger partial charge on any atom is 0.243 e. The van der Waals surface area contributed by atoms with Gasteiger partial charge in [0.25, 0.3) is 0 Å². The molecule has 1 N–H and O–H groups in total. The largest absolute Gasteiger partial charge is 0.274 e. The van der Waals surface area contributed by atoms with Gasteiger partial charge in [0.1, 0.15) is 0 Å². The number of hydroxylamine groups is 1. The van der Waals surface area contributed by atoms with Crippen molar-refractivity contribution in [3.63, 3.8) is 0 Å². The Labute approximate surface area is 86.2 Å². The lowest BCUT2D eigenvalue weighted by molar-refractivity contribution is -0.134. The summed E-state index contributed by atoms with van der Waals surface area (Å²) in [5.74, 6) is 0.622. The number of rotatable bonds is 4. The van der Waals surface area contributed by atoms with Crippen molar-refractivity contribution in [2.75, 3.05) is 6.61 Å². The third kappa shape index (κ3) is 4.61. The molecule has 0 aromatic carbocycles. The molecule has 0 bridgehead atoms. The molecule has 0 aromatic rings. The molecule has 3 heteroatoms. The minimum atomic E-state index is 0.0405. The first-order valence-corrected chi connectivity index (χ1v) is 5.73. The highest BCUT2D eigenvalue weighted by atomic mass is 16.6. The number of hydrogen-bond acceptors (Lipinski definition) is 2. The van der Waals surface area contributed by atoms with Crippen LogP contribution in [0.2, 0.25) is 0 Å². The van der Waals surface area contributed by atoms with E-state index in [1.165, 1.54) is 38.5 Å². The highest BCUT2D eigenvalue weighted by molar-refractivity contribution is 5.74. The molecule has 1 fully saturated rings. The van der Waals surface area contributed by atoms with Crippen LogP contribution < -0.4 is 5.48 Å². The second-order valence-corrected chi connectivity index (χ2v) is 4.02. The van der Waals surface area contributed by atoms with E-state index in [2.05, 4.69) is 5.48 Å². The van der Waals surface area contributed by atoms with E-state index in [1.807, 2.05) is 6.92 Å². The summed E-state index contributed by atoms with van der Waals surface area (Å²) in [6, 6.07) is 0. The standard InChI is InChI=1S/C11H21NO2/c1-2-14-12-11(13)9-10-7-5-3-4-6-8-10/h10H,2-9H2,1H3,(H,12,13). The Balaban J connectivity index is 2.17. The summed E-state index contributed by atoms with van der Waals surface area (Å²) in [4.78, 5) is 16.2. The van der Waals surface area contributed by atoms with E-state index >= 15 is 0 Å². The zero-order valence-electron chi connectivity index (χ0n) is 9.05. The second-order valence-electron chi connectivity index (χ2n) is 4.02. The molecule has 0 spiro atoms. The highest BCUT2D eigenvalue weighted by Gasteiger charge is 2.15. The lowest BCUT2D eigenvalue weighted by Crippen LogP contribution is -2.25. The van der Waals surface area contributed by atoms with Gasteiger partial charge in [0.05, 0.1) is 6.61 Å². The monoisotopic (exact) mass is 199 g/mol. The predicted octanol–water partition coefficient (Wildman–Crippen LogP) is 2.41. The van der Waals surface area contributed by atoms with Gasteiger partial charge in [-0.25, -0.2) is 5.48 Å². The van der Waals surface area contributed by atoms with Crippen LogP contribution in [0.5, 0.6) is 0 Å². The van der Waals surface area contributed by atoms with E-state index in [-0.39, 0.29) is 5.91 Å². The average Bonchev–Trinajstić information content (AvgIpc) is 2.43. The Morgan fingerprint density at radius 1 is 1.29 bits per heavy atom. The normalized spacial score (nSPS) is 18.9. The van der Waals surface area contributed by atoms with E-state index in [0.29, 0.717) is 18.9 Å². The van der Waals surface area contributed by atoms with Crippen molar-refractivity contribution in [3.05, 3.63) is 0 Å². The molecule has 1 aliphatic carbocycles. The van der Waals surface area contributed by atoms with E-state index in [1.54, 1.807) is 0 Å². The van der Waals surface area contributed by atoms with Gasteiger partial charge >= 0.3 is 0 Å². The van der Waals surface area contributed by atoms with Crippen molar-refractivity contribution in [2.45, 2.75) is 51.9 Å². The lowest BCUT2D eigenvalue weighted by Gasteiger charge is -2.12. The van der Waals surface area contributed by atoms with Crippen LogP contribution >= 0.6 is 0 Å². The summed E-state index contributed by atoms with van der Waals surface area (Å²) < 4.78 is 0. The third-order valence-electron chi connectivity index (χ3n) is 2.78. The van der Waals surface area contributed by atoms with Gasteiger partial charge in [0, 0.05) is 6.42 Å². The fraction of sp³-hybridized carbons (Fsp3) is 0.909. The predicted molar refractivity (Wildman–Crippen MR) is 55.6 cm³/mol. The van der Waals surface area contributed by atoms with Gasteiger partial charge in [-0.05, 0) is 25.7 Å². The van der Waals surface area contributed by atoms with Crippen LogP contribution in [0.1, 0.15) is 51.9 Å². The quantitative estimate of drug-likeness (QED) is 0.558. The Morgan fingerprint density at radius 3 is 2.50 bits per heavy atom. The molecule has 0 unspecified atom stereocenters. The van der Waals surface area contributed by atoms with Crippen LogP contribution in [0.3, 0.4) is 0 Å². The molecule has 0 radical (unpaired) electrons. The molecule has 1 amide bonds. The number of hydrogen-bond donors (Lipinski definition) is 1. The number of carbonyl (C=O) groups excluding carboxylic acids is 1. The highest BCUT2D eigenvalue weighted by Crippen LogP contribution is 2.25. The molecule has 14 heavy (non-hydrogen) atoms. The minimum Gasteiger partial charge on any atom is -0.274 e. The molecule has 0 heterocycles. The molecule has 1 rings (SSSR count). The molecular weight excluding hydrogens is 178 g/mol. The Morgan fingerprint density at radius 2 is 1.93 bits per heavy atom. The van der Waals surface area contributed by atoms with Crippen molar-refractivity contribution in [1.82, 2.24) is 5.48 Å². The SMILES string of the molecule is CCONC(=O)CC1CCCCCC1. The van der Waals surface area contributed by atoms with E-state index in [9.17, 15) is 4.79 Å². The smallest absolute Gasteiger partial charge is 0.243 e. The zero-order chi connectivity index (χ0) is 10.2. The minimum absolute atomic E-state index is 0.0405. The van der Waals surface area contributed by atoms with Gasteiger partial charge in [0.15, 0.2) is 0 Å². The first-order chi connectivity index (χ1) is 6.83. The summed E-state index contributed by atoms with van der Waals surface area (Å²) >= 11 is 0. The van der Waals surface area contributed by atoms with E-state index < -0.39 is 0 Å². The van der Waals surface area contributed by atoms with Gasteiger partial charge in [-0.1, -0.05) is 25.7 Å². The molecular formula is C11H21NO2. The molecule has 0 aromatic heterocycles. The summed E-state index contributed by atoms with van der Waals surface area (Å²) in [7, 11) is 0. The van der Waals surface area contributed by atoms with Crippen LogP contribution in [0, 0.1) is 5.92 Å². The first-order valence-electron chi connectivity index (χ1n) is 5.73. The van der Waals surface area contributed by atoms with Crippen molar-refractivity contribution < 1.29 is 9.63 Å². The van der Waals surface area contributed by atoms with Crippen LogP contribution in [0.4, 0.5) is 0 Å². The van der Waals surface area contributed by atoms with Gasteiger partial charge in [-0.2, -0.15) is 0 Å². The molecule has 0 aliphatic heterocycles. The fourth-order valence-electron chi connectivity index (χ4n) is 2.02. The molecule has 0 saturated heterocycles. The number of carbonyl (C=O) groups is 1. The third-order valence-corrected chi connectivity index (χ3v) is 2.78. The van der Waals surface area contributed by atoms with Gasteiger partial charge in [-0.15, -0.1) is 0 Å². The van der Waals surface area contributed by atoms with Crippen molar-refractivity contribution in [3.8, 4) is 0 Å². The Hall–Kier alpha value is -0.570. The lowest BCUT2D eigenvalue weighted by atomic mass is 9.96. The molecule has 0 atom stereocenters.